The van der Waals surface area contributed by atoms with Gasteiger partial charge in [0.1, 0.15) is 11.9 Å². The highest BCUT2D eigenvalue weighted by Crippen LogP contribution is 2.42. The highest BCUT2D eigenvalue weighted by Gasteiger charge is 2.20. The minimum Gasteiger partial charge on any atom is -0.383 e. The van der Waals surface area contributed by atoms with Crippen LogP contribution in [-0.4, -0.2) is 19.6 Å². The van der Waals surface area contributed by atoms with Crippen molar-refractivity contribution in [2.75, 3.05) is 5.73 Å². The first kappa shape index (κ1) is 21.5. The normalized spacial score (nSPS) is 12.2. The lowest BCUT2D eigenvalue weighted by molar-refractivity contribution is 0.211. The second kappa shape index (κ2) is 8.52. The van der Waals surface area contributed by atoms with Gasteiger partial charge in [-0.05, 0) is 53.1 Å². The fraction of sp³-hybridized carbons (Fsp3) is 0.0769. The number of aliphatic hydroxyl groups is 1. The van der Waals surface area contributed by atoms with Gasteiger partial charge in [0.05, 0.1) is 23.7 Å². The number of anilines is 1. The average molecular weight is 475 g/mol. The molecule has 33 heavy (non-hydrogen) atoms. The molecule has 0 saturated heterocycles. The molecule has 0 amide bonds. The number of hydrogen-bond acceptors (Lipinski definition) is 4. The van der Waals surface area contributed by atoms with Crippen LogP contribution in [0, 0.1) is 0 Å². The molecule has 7 heteroatoms. The maximum atomic E-state index is 11.1. The maximum Gasteiger partial charge on any atom is 0.132 e. The van der Waals surface area contributed by atoms with Gasteiger partial charge in [-0.15, -0.1) is 0 Å². The summed E-state index contributed by atoms with van der Waals surface area (Å²) in [6.45, 7) is 0. The maximum absolute atomic E-state index is 11.1. The van der Waals surface area contributed by atoms with Gasteiger partial charge in [-0.2, -0.15) is 0 Å². The van der Waals surface area contributed by atoms with Gasteiger partial charge in [0, 0.05) is 33.6 Å². The molecule has 0 radical (unpaired) electrons. The molecule has 2 heterocycles. The first-order valence-corrected chi connectivity index (χ1v) is 11.1. The van der Waals surface area contributed by atoms with Gasteiger partial charge in [0.2, 0.25) is 0 Å². The van der Waals surface area contributed by atoms with E-state index in [9.17, 15) is 5.11 Å². The second-order valence-corrected chi connectivity index (χ2v) is 8.75. The van der Waals surface area contributed by atoms with Crippen LogP contribution in [0.25, 0.3) is 33.2 Å². The van der Waals surface area contributed by atoms with E-state index in [2.05, 4.69) is 9.97 Å². The number of nitrogens with zero attached hydrogens (tertiary/aromatic N) is 3. The molecular weight excluding hydrogens is 455 g/mol. The zero-order valence-corrected chi connectivity index (χ0v) is 19.2. The number of benzene rings is 3. The number of hydrogen-bond donors (Lipinski definition) is 2. The molecule has 1 atom stereocenters. The van der Waals surface area contributed by atoms with E-state index in [1.807, 2.05) is 73.8 Å². The molecule has 5 nitrogen and oxygen atoms in total. The summed E-state index contributed by atoms with van der Waals surface area (Å²) in [6.07, 6.45) is 2.48. The third-order valence-corrected chi connectivity index (χ3v) is 6.22. The summed E-state index contributed by atoms with van der Waals surface area (Å²) >= 11 is 12.5. The Balaban J connectivity index is 1.82. The monoisotopic (exact) mass is 474 g/mol. The van der Waals surface area contributed by atoms with Gasteiger partial charge in [-0.3, -0.25) is 0 Å². The van der Waals surface area contributed by atoms with Crippen LogP contribution in [0.4, 0.5) is 5.82 Å². The lowest BCUT2D eigenvalue weighted by Gasteiger charge is -2.18. The third kappa shape index (κ3) is 3.95. The van der Waals surface area contributed by atoms with Crippen molar-refractivity contribution in [3.8, 4) is 22.3 Å². The summed E-state index contributed by atoms with van der Waals surface area (Å²) in [5.41, 5.74) is 12.1. The second-order valence-electron chi connectivity index (χ2n) is 7.87. The molecule has 5 aromatic rings. The van der Waals surface area contributed by atoms with Crippen molar-refractivity contribution in [1.82, 2.24) is 14.5 Å². The zero-order chi connectivity index (χ0) is 23.1. The van der Waals surface area contributed by atoms with E-state index in [-0.39, 0.29) is 0 Å². The largest absolute Gasteiger partial charge is 0.383 e. The van der Waals surface area contributed by atoms with Crippen molar-refractivity contribution in [3.05, 3.63) is 101 Å². The highest BCUT2D eigenvalue weighted by molar-refractivity contribution is 6.31. The number of aryl methyl sites for hydroxylation is 1. The summed E-state index contributed by atoms with van der Waals surface area (Å²) in [6, 6.07) is 20.8. The number of nitrogen functional groups attached to an aromatic ring is 1. The summed E-state index contributed by atoms with van der Waals surface area (Å²) in [4.78, 5) is 8.80. The van der Waals surface area contributed by atoms with Crippen molar-refractivity contribution in [1.29, 1.82) is 0 Å². The highest BCUT2D eigenvalue weighted by atomic mass is 35.5. The summed E-state index contributed by atoms with van der Waals surface area (Å²) < 4.78 is 1.80. The number of halogens is 2. The molecule has 0 aliphatic heterocycles. The zero-order valence-electron chi connectivity index (χ0n) is 17.7. The quantitative estimate of drug-likeness (QED) is 0.321. The summed E-state index contributed by atoms with van der Waals surface area (Å²) in [5.74, 6) is 0.403. The lowest BCUT2D eigenvalue weighted by atomic mass is 9.90. The molecular formula is C26H20Cl2N4O. The molecule has 5 rings (SSSR count). The smallest absolute Gasteiger partial charge is 0.132 e. The topological polar surface area (TPSA) is 77.0 Å². The molecule has 0 saturated carbocycles. The Morgan fingerprint density at radius 3 is 2.39 bits per heavy atom. The molecule has 0 aliphatic carbocycles. The SMILES string of the molecule is Cn1cncc1C(O)c1ccc2nc(N)c(-c3ccc(Cl)cc3)c(-c3cccc(Cl)c3)c2c1. The van der Waals surface area contributed by atoms with Gasteiger partial charge in [0.15, 0.2) is 0 Å². The standard InChI is InChI=1S/C26H20Cl2N4O/c1-32-14-30-13-22(32)25(33)17-7-10-21-20(12-17)23(16-3-2-4-19(28)11-16)24(26(29)31-21)15-5-8-18(27)9-6-15/h2-14,25,33H,1H3,(H2,29,31). The van der Waals surface area contributed by atoms with Crippen LogP contribution in [-0.2, 0) is 7.05 Å². The number of imidazole rings is 1. The summed E-state index contributed by atoms with van der Waals surface area (Å²) in [7, 11) is 1.85. The van der Waals surface area contributed by atoms with Crippen LogP contribution in [0.5, 0.6) is 0 Å². The number of nitrogens with two attached hydrogens (primary N) is 1. The molecule has 0 fully saturated rings. The lowest BCUT2D eigenvalue weighted by Crippen LogP contribution is -2.06. The van der Waals surface area contributed by atoms with Gasteiger partial charge < -0.3 is 15.4 Å². The molecule has 0 aliphatic rings. The molecule has 3 N–H and O–H groups in total. The number of rotatable bonds is 4. The number of pyridine rings is 1. The van der Waals surface area contributed by atoms with Crippen molar-refractivity contribution >= 4 is 39.9 Å². The van der Waals surface area contributed by atoms with E-state index >= 15 is 0 Å². The van der Waals surface area contributed by atoms with Crippen LogP contribution in [0.3, 0.4) is 0 Å². The minimum absolute atomic E-state index is 0.403. The van der Waals surface area contributed by atoms with E-state index in [1.165, 1.54) is 0 Å². The Kier molecular flexibility index (Phi) is 5.54. The van der Waals surface area contributed by atoms with Gasteiger partial charge in [-0.25, -0.2) is 9.97 Å². The van der Waals surface area contributed by atoms with E-state index < -0.39 is 6.10 Å². The first-order valence-electron chi connectivity index (χ1n) is 10.3. The number of fused-ring (bicyclic) bond motifs is 1. The van der Waals surface area contributed by atoms with Gasteiger partial charge in [0.25, 0.3) is 0 Å². The molecule has 1 unspecified atom stereocenters. The van der Waals surface area contributed by atoms with Crippen LogP contribution in [0.2, 0.25) is 10.0 Å². The Hall–Kier alpha value is -3.38. The number of aliphatic hydroxyl groups excluding tert-OH is 1. The molecule has 0 spiro atoms. The molecule has 0 bridgehead atoms. The Morgan fingerprint density at radius 1 is 0.909 bits per heavy atom. The molecule has 164 valence electrons. The van der Waals surface area contributed by atoms with Crippen molar-refractivity contribution < 1.29 is 5.11 Å². The van der Waals surface area contributed by atoms with Crippen molar-refractivity contribution in [2.45, 2.75) is 6.10 Å². The van der Waals surface area contributed by atoms with E-state index in [1.54, 1.807) is 17.1 Å². The predicted octanol–water partition coefficient (Wildman–Crippen LogP) is 6.27. The first-order chi connectivity index (χ1) is 15.9. The van der Waals surface area contributed by atoms with Crippen molar-refractivity contribution in [3.63, 3.8) is 0 Å². The fourth-order valence-electron chi connectivity index (χ4n) is 4.12. The van der Waals surface area contributed by atoms with E-state index in [4.69, 9.17) is 28.9 Å². The van der Waals surface area contributed by atoms with E-state index in [0.29, 0.717) is 21.6 Å². The van der Waals surface area contributed by atoms with Crippen molar-refractivity contribution in [2.24, 2.45) is 7.05 Å². The van der Waals surface area contributed by atoms with Crippen LogP contribution in [0.1, 0.15) is 17.4 Å². The van der Waals surface area contributed by atoms with E-state index in [0.717, 1.165) is 38.7 Å². The molecule has 2 aromatic heterocycles. The fourth-order valence-corrected chi connectivity index (χ4v) is 4.44. The Morgan fingerprint density at radius 2 is 1.70 bits per heavy atom. The average Bonchev–Trinajstić information content (AvgIpc) is 3.24. The number of aromatic nitrogens is 3. The van der Waals surface area contributed by atoms with Crippen LogP contribution < -0.4 is 5.73 Å². The Labute approximate surface area is 201 Å². The minimum atomic E-state index is -0.842. The molecule has 3 aromatic carbocycles. The predicted molar refractivity (Wildman–Crippen MR) is 134 cm³/mol. The third-order valence-electron chi connectivity index (χ3n) is 5.73. The van der Waals surface area contributed by atoms with Crippen LogP contribution in [0.15, 0.2) is 79.3 Å². The summed E-state index contributed by atoms with van der Waals surface area (Å²) in [5, 5.41) is 13.2. The Bertz CT molecular complexity index is 1480. The van der Waals surface area contributed by atoms with Gasteiger partial charge >= 0.3 is 0 Å². The van der Waals surface area contributed by atoms with Gasteiger partial charge in [-0.1, -0.05) is 53.5 Å². The van der Waals surface area contributed by atoms with Crippen LogP contribution >= 0.6 is 23.2 Å².